The normalized spacial score (nSPS) is 20.6. The summed E-state index contributed by atoms with van der Waals surface area (Å²) >= 11 is 0. The molecule has 0 aliphatic carbocycles. The van der Waals surface area contributed by atoms with Gasteiger partial charge in [0.15, 0.2) is 6.10 Å². The van der Waals surface area contributed by atoms with Crippen LogP contribution in [0.4, 0.5) is 5.95 Å². The number of ether oxygens (including phenoxy) is 1. The predicted molar refractivity (Wildman–Crippen MR) is 56.9 cm³/mol. The summed E-state index contributed by atoms with van der Waals surface area (Å²) in [5, 5.41) is 16.9. The van der Waals surface area contributed by atoms with Crippen LogP contribution in [0, 0.1) is 25.2 Å². The molecular formula is C10H13N5O. The SMILES string of the molecule is Cc1nnc(N2CCOC(C#N)C2)nc1C. The zero-order valence-electron chi connectivity index (χ0n) is 9.34. The summed E-state index contributed by atoms with van der Waals surface area (Å²) in [4.78, 5) is 6.28. The van der Waals surface area contributed by atoms with Crippen LogP contribution in [0.5, 0.6) is 0 Å². The van der Waals surface area contributed by atoms with Gasteiger partial charge in [-0.05, 0) is 13.8 Å². The third kappa shape index (κ3) is 2.09. The van der Waals surface area contributed by atoms with Crippen molar-refractivity contribution in [2.45, 2.75) is 20.0 Å². The molecular weight excluding hydrogens is 206 g/mol. The minimum Gasteiger partial charge on any atom is -0.360 e. The number of hydrogen-bond acceptors (Lipinski definition) is 6. The van der Waals surface area contributed by atoms with Crippen LogP contribution >= 0.6 is 0 Å². The molecule has 1 aliphatic rings. The summed E-state index contributed by atoms with van der Waals surface area (Å²) < 4.78 is 5.25. The van der Waals surface area contributed by atoms with Gasteiger partial charge in [0, 0.05) is 6.54 Å². The highest BCUT2D eigenvalue weighted by Crippen LogP contribution is 2.12. The number of aryl methyl sites for hydroxylation is 2. The molecule has 2 rings (SSSR count). The zero-order chi connectivity index (χ0) is 11.5. The lowest BCUT2D eigenvalue weighted by molar-refractivity contribution is 0.0757. The van der Waals surface area contributed by atoms with Gasteiger partial charge in [0.05, 0.1) is 30.6 Å². The van der Waals surface area contributed by atoms with E-state index in [-0.39, 0.29) is 0 Å². The topological polar surface area (TPSA) is 74.9 Å². The second-order valence-corrected chi connectivity index (χ2v) is 3.72. The summed E-state index contributed by atoms with van der Waals surface area (Å²) in [7, 11) is 0. The number of rotatable bonds is 1. The molecule has 1 aliphatic heterocycles. The Morgan fingerprint density at radius 2 is 2.19 bits per heavy atom. The zero-order valence-corrected chi connectivity index (χ0v) is 9.34. The van der Waals surface area contributed by atoms with Crippen LogP contribution in [0.1, 0.15) is 11.4 Å². The lowest BCUT2D eigenvalue weighted by Gasteiger charge is -2.29. The third-order valence-electron chi connectivity index (χ3n) is 2.57. The molecule has 0 bridgehead atoms. The second kappa shape index (κ2) is 4.41. The first-order valence-electron chi connectivity index (χ1n) is 5.15. The Morgan fingerprint density at radius 3 is 2.88 bits per heavy atom. The van der Waals surface area contributed by atoms with Gasteiger partial charge in [-0.15, -0.1) is 5.10 Å². The number of aromatic nitrogens is 3. The van der Waals surface area contributed by atoms with Crippen molar-refractivity contribution in [1.82, 2.24) is 15.2 Å². The van der Waals surface area contributed by atoms with Gasteiger partial charge < -0.3 is 9.64 Å². The van der Waals surface area contributed by atoms with Gasteiger partial charge in [-0.25, -0.2) is 4.98 Å². The third-order valence-corrected chi connectivity index (χ3v) is 2.57. The van der Waals surface area contributed by atoms with Crippen molar-refractivity contribution < 1.29 is 4.74 Å². The van der Waals surface area contributed by atoms with Gasteiger partial charge in [0.1, 0.15) is 0 Å². The van der Waals surface area contributed by atoms with Gasteiger partial charge in [0.25, 0.3) is 0 Å². The van der Waals surface area contributed by atoms with Gasteiger partial charge >= 0.3 is 0 Å². The number of nitriles is 1. The maximum atomic E-state index is 8.80. The van der Waals surface area contributed by atoms with E-state index in [1.54, 1.807) is 0 Å². The van der Waals surface area contributed by atoms with Crippen molar-refractivity contribution in [3.05, 3.63) is 11.4 Å². The highest BCUT2D eigenvalue weighted by molar-refractivity contribution is 5.31. The molecule has 1 saturated heterocycles. The monoisotopic (exact) mass is 219 g/mol. The van der Waals surface area contributed by atoms with E-state index in [0.29, 0.717) is 25.6 Å². The lowest BCUT2D eigenvalue weighted by Crippen LogP contribution is -2.42. The average molecular weight is 219 g/mol. The molecule has 1 atom stereocenters. The molecule has 84 valence electrons. The first-order chi connectivity index (χ1) is 7.70. The Balaban J connectivity index is 2.17. The van der Waals surface area contributed by atoms with E-state index in [4.69, 9.17) is 10.00 Å². The maximum Gasteiger partial charge on any atom is 0.245 e. The van der Waals surface area contributed by atoms with E-state index in [1.807, 2.05) is 18.7 Å². The summed E-state index contributed by atoms with van der Waals surface area (Å²) in [5.74, 6) is 0.576. The first-order valence-corrected chi connectivity index (χ1v) is 5.15. The van der Waals surface area contributed by atoms with Crippen molar-refractivity contribution in [3.8, 4) is 6.07 Å². The summed E-state index contributed by atoms with van der Waals surface area (Å²) in [5.41, 5.74) is 1.69. The Morgan fingerprint density at radius 1 is 1.38 bits per heavy atom. The molecule has 0 radical (unpaired) electrons. The molecule has 2 heterocycles. The van der Waals surface area contributed by atoms with E-state index >= 15 is 0 Å². The van der Waals surface area contributed by atoms with Crippen molar-refractivity contribution in [2.24, 2.45) is 0 Å². The molecule has 1 aromatic rings. The average Bonchev–Trinajstić information content (AvgIpc) is 2.33. The van der Waals surface area contributed by atoms with E-state index in [9.17, 15) is 0 Å². The largest absolute Gasteiger partial charge is 0.360 e. The van der Waals surface area contributed by atoms with Crippen molar-refractivity contribution >= 4 is 5.95 Å². The van der Waals surface area contributed by atoms with Crippen LogP contribution < -0.4 is 4.90 Å². The fourth-order valence-electron chi connectivity index (χ4n) is 1.49. The molecule has 0 aromatic carbocycles. The van der Waals surface area contributed by atoms with Crippen molar-refractivity contribution in [3.63, 3.8) is 0 Å². The lowest BCUT2D eigenvalue weighted by atomic mass is 10.3. The van der Waals surface area contributed by atoms with Crippen molar-refractivity contribution in [2.75, 3.05) is 24.6 Å². The molecule has 6 nitrogen and oxygen atoms in total. The highest BCUT2D eigenvalue weighted by atomic mass is 16.5. The molecule has 0 spiro atoms. The van der Waals surface area contributed by atoms with Gasteiger partial charge in [0.2, 0.25) is 5.95 Å². The molecule has 1 aromatic heterocycles. The Kier molecular flexibility index (Phi) is 2.97. The minimum atomic E-state index is -0.404. The fraction of sp³-hybridized carbons (Fsp3) is 0.600. The Labute approximate surface area is 93.9 Å². The van der Waals surface area contributed by atoms with E-state index in [1.165, 1.54) is 0 Å². The van der Waals surface area contributed by atoms with Gasteiger partial charge in [-0.2, -0.15) is 10.4 Å². The van der Waals surface area contributed by atoms with Crippen LogP contribution in [0.15, 0.2) is 0 Å². The van der Waals surface area contributed by atoms with Crippen LogP contribution in [0.3, 0.4) is 0 Å². The van der Waals surface area contributed by atoms with Crippen LogP contribution in [-0.2, 0) is 4.74 Å². The molecule has 0 amide bonds. The van der Waals surface area contributed by atoms with E-state index < -0.39 is 6.10 Å². The minimum absolute atomic E-state index is 0.404. The van der Waals surface area contributed by atoms with Crippen molar-refractivity contribution in [1.29, 1.82) is 5.26 Å². The molecule has 1 unspecified atom stereocenters. The number of anilines is 1. The summed E-state index contributed by atoms with van der Waals surface area (Å²) in [6.07, 6.45) is -0.404. The standard InChI is InChI=1S/C10H13N5O/c1-7-8(2)13-14-10(12-7)15-3-4-16-9(5-11)6-15/h9H,3-4,6H2,1-2H3. The first kappa shape index (κ1) is 10.8. The van der Waals surface area contributed by atoms with Crippen LogP contribution in [0.25, 0.3) is 0 Å². The van der Waals surface area contributed by atoms with Gasteiger partial charge in [-0.3, -0.25) is 0 Å². The predicted octanol–water partition coefficient (Wildman–Crippen LogP) is 0.217. The molecule has 6 heteroatoms. The van der Waals surface area contributed by atoms with E-state index in [0.717, 1.165) is 11.4 Å². The second-order valence-electron chi connectivity index (χ2n) is 3.72. The summed E-state index contributed by atoms with van der Waals surface area (Å²) in [6, 6.07) is 2.09. The molecule has 0 saturated carbocycles. The molecule has 0 N–H and O–H groups in total. The van der Waals surface area contributed by atoms with Crippen LogP contribution in [-0.4, -0.2) is 41.0 Å². The van der Waals surface area contributed by atoms with Crippen LogP contribution in [0.2, 0.25) is 0 Å². The summed E-state index contributed by atoms with van der Waals surface area (Å²) in [6.45, 7) is 5.49. The molecule has 16 heavy (non-hydrogen) atoms. The Hall–Kier alpha value is -1.74. The Bertz CT molecular complexity index is 428. The number of hydrogen-bond donors (Lipinski definition) is 0. The fourth-order valence-corrected chi connectivity index (χ4v) is 1.49. The van der Waals surface area contributed by atoms with E-state index in [2.05, 4.69) is 21.3 Å². The highest BCUT2D eigenvalue weighted by Gasteiger charge is 2.22. The number of nitrogens with zero attached hydrogens (tertiary/aromatic N) is 5. The maximum absolute atomic E-state index is 8.80. The smallest absolute Gasteiger partial charge is 0.245 e. The quantitative estimate of drug-likeness (QED) is 0.672. The molecule has 1 fully saturated rings. The van der Waals surface area contributed by atoms with Gasteiger partial charge in [-0.1, -0.05) is 0 Å². The number of morpholine rings is 1.